The first-order chi connectivity index (χ1) is 7.74. The second-order valence-electron chi connectivity index (χ2n) is 4.17. The summed E-state index contributed by atoms with van der Waals surface area (Å²) in [4.78, 5) is 4.44. The molecule has 2 atom stereocenters. The summed E-state index contributed by atoms with van der Waals surface area (Å²) in [6, 6.07) is 10.2. The van der Waals surface area contributed by atoms with Gasteiger partial charge in [0.25, 0.3) is 0 Å². The van der Waals surface area contributed by atoms with E-state index in [4.69, 9.17) is 0 Å². The normalized spacial score (nSPS) is 14.9. The molecule has 2 nitrogen and oxygen atoms in total. The van der Waals surface area contributed by atoms with Gasteiger partial charge >= 0.3 is 0 Å². The number of aliphatic hydroxyl groups is 1. The largest absolute Gasteiger partial charge is 0.393 e. The van der Waals surface area contributed by atoms with Gasteiger partial charge in [0.15, 0.2) is 0 Å². The SMILES string of the molecule is CCC(c1nccc2ccccc12)C(C)O. The van der Waals surface area contributed by atoms with Crippen LogP contribution in [-0.2, 0) is 0 Å². The molecule has 0 bridgehead atoms. The molecule has 2 aromatic rings. The third kappa shape index (κ3) is 1.93. The summed E-state index contributed by atoms with van der Waals surface area (Å²) >= 11 is 0. The molecular weight excluding hydrogens is 198 g/mol. The second kappa shape index (κ2) is 4.62. The topological polar surface area (TPSA) is 33.1 Å². The molecule has 0 aliphatic carbocycles. The van der Waals surface area contributed by atoms with E-state index < -0.39 is 0 Å². The number of fused-ring (bicyclic) bond motifs is 1. The maximum absolute atomic E-state index is 9.79. The number of aromatic nitrogens is 1. The zero-order chi connectivity index (χ0) is 11.5. The van der Waals surface area contributed by atoms with E-state index in [1.807, 2.05) is 31.3 Å². The molecule has 0 saturated heterocycles. The summed E-state index contributed by atoms with van der Waals surface area (Å²) in [5.74, 6) is 0.117. The van der Waals surface area contributed by atoms with Crippen molar-refractivity contribution in [1.29, 1.82) is 0 Å². The molecule has 0 fully saturated rings. The Labute approximate surface area is 96.0 Å². The average Bonchev–Trinajstić information content (AvgIpc) is 2.30. The molecule has 0 spiro atoms. The maximum Gasteiger partial charge on any atom is 0.0595 e. The first-order valence-electron chi connectivity index (χ1n) is 5.75. The first kappa shape index (κ1) is 11.1. The van der Waals surface area contributed by atoms with Gasteiger partial charge in [-0.25, -0.2) is 0 Å². The van der Waals surface area contributed by atoms with Crippen molar-refractivity contribution >= 4 is 10.8 Å². The third-order valence-corrected chi connectivity index (χ3v) is 3.08. The Kier molecular flexibility index (Phi) is 3.20. The summed E-state index contributed by atoms with van der Waals surface area (Å²) in [6.45, 7) is 3.92. The lowest BCUT2D eigenvalue weighted by Crippen LogP contribution is -2.15. The van der Waals surface area contributed by atoms with E-state index in [-0.39, 0.29) is 12.0 Å². The quantitative estimate of drug-likeness (QED) is 0.853. The number of rotatable bonds is 3. The van der Waals surface area contributed by atoms with E-state index in [1.54, 1.807) is 0 Å². The number of nitrogens with zero attached hydrogens (tertiary/aromatic N) is 1. The highest BCUT2D eigenvalue weighted by atomic mass is 16.3. The smallest absolute Gasteiger partial charge is 0.0595 e. The Morgan fingerprint density at radius 2 is 2.00 bits per heavy atom. The predicted octanol–water partition coefficient (Wildman–Crippen LogP) is 3.11. The van der Waals surface area contributed by atoms with Gasteiger partial charge in [-0.05, 0) is 24.8 Å². The molecule has 0 amide bonds. The first-order valence-corrected chi connectivity index (χ1v) is 5.75. The molecule has 1 N–H and O–H groups in total. The predicted molar refractivity (Wildman–Crippen MR) is 66.5 cm³/mol. The van der Waals surface area contributed by atoms with Crippen molar-refractivity contribution in [3.8, 4) is 0 Å². The highest BCUT2D eigenvalue weighted by molar-refractivity contribution is 5.84. The van der Waals surface area contributed by atoms with Gasteiger partial charge in [0.1, 0.15) is 0 Å². The van der Waals surface area contributed by atoms with Crippen LogP contribution < -0.4 is 0 Å². The van der Waals surface area contributed by atoms with Crippen molar-refractivity contribution in [3.05, 3.63) is 42.2 Å². The average molecular weight is 215 g/mol. The van der Waals surface area contributed by atoms with Crippen LogP contribution in [0.25, 0.3) is 10.8 Å². The Hall–Kier alpha value is -1.41. The van der Waals surface area contributed by atoms with Crippen molar-refractivity contribution in [2.45, 2.75) is 32.3 Å². The van der Waals surface area contributed by atoms with Gasteiger partial charge in [-0.1, -0.05) is 31.2 Å². The Morgan fingerprint density at radius 3 is 2.69 bits per heavy atom. The highest BCUT2D eigenvalue weighted by Crippen LogP contribution is 2.28. The number of hydrogen-bond donors (Lipinski definition) is 1. The monoisotopic (exact) mass is 215 g/mol. The minimum Gasteiger partial charge on any atom is -0.393 e. The van der Waals surface area contributed by atoms with Gasteiger partial charge in [-0.2, -0.15) is 0 Å². The van der Waals surface area contributed by atoms with Crippen LogP contribution in [0, 0.1) is 0 Å². The summed E-state index contributed by atoms with van der Waals surface area (Å²) in [7, 11) is 0. The lowest BCUT2D eigenvalue weighted by Gasteiger charge is -2.19. The van der Waals surface area contributed by atoms with Gasteiger partial charge in [0.2, 0.25) is 0 Å². The van der Waals surface area contributed by atoms with Gasteiger partial charge < -0.3 is 5.11 Å². The molecule has 2 rings (SSSR count). The van der Waals surface area contributed by atoms with Gasteiger partial charge in [-0.15, -0.1) is 0 Å². The zero-order valence-corrected chi connectivity index (χ0v) is 9.72. The fourth-order valence-corrected chi connectivity index (χ4v) is 2.20. The maximum atomic E-state index is 9.79. The van der Waals surface area contributed by atoms with Crippen molar-refractivity contribution < 1.29 is 5.11 Å². The molecule has 2 heteroatoms. The number of benzene rings is 1. The van der Waals surface area contributed by atoms with Crippen LogP contribution in [0.1, 0.15) is 31.9 Å². The Morgan fingerprint density at radius 1 is 1.25 bits per heavy atom. The minimum absolute atomic E-state index is 0.117. The van der Waals surface area contributed by atoms with E-state index in [9.17, 15) is 5.11 Å². The molecule has 2 unspecified atom stereocenters. The number of pyridine rings is 1. The van der Waals surface area contributed by atoms with Crippen LogP contribution in [0.4, 0.5) is 0 Å². The van der Waals surface area contributed by atoms with E-state index in [0.717, 1.165) is 17.5 Å². The number of aliphatic hydroxyl groups excluding tert-OH is 1. The van der Waals surface area contributed by atoms with E-state index in [2.05, 4.69) is 24.0 Å². The molecule has 0 radical (unpaired) electrons. The van der Waals surface area contributed by atoms with Crippen molar-refractivity contribution in [1.82, 2.24) is 4.98 Å². The van der Waals surface area contributed by atoms with Gasteiger partial charge in [-0.3, -0.25) is 4.98 Å². The van der Waals surface area contributed by atoms with E-state index >= 15 is 0 Å². The van der Waals surface area contributed by atoms with Crippen LogP contribution in [-0.4, -0.2) is 16.2 Å². The summed E-state index contributed by atoms with van der Waals surface area (Å²) in [5, 5.41) is 12.1. The van der Waals surface area contributed by atoms with E-state index in [0.29, 0.717) is 0 Å². The number of hydrogen-bond acceptors (Lipinski definition) is 2. The lowest BCUT2D eigenvalue weighted by molar-refractivity contribution is 0.158. The molecular formula is C14H17NO. The van der Waals surface area contributed by atoms with Crippen LogP contribution in [0.2, 0.25) is 0 Å². The third-order valence-electron chi connectivity index (χ3n) is 3.08. The molecule has 0 aliphatic heterocycles. The fraction of sp³-hybridized carbons (Fsp3) is 0.357. The van der Waals surface area contributed by atoms with Crippen LogP contribution in [0.5, 0.6) is 0 Å². The van der Waals surface area contributed by atoms with Crippen LogP contribution in [0.3, 0.4) is 0 Å². The summed E-state index contributed by atoms with van der Waals surface area (Å²) < 4.78 is 0. The van der Waals surface area contributed by atoms with Crippen molar-refractivity contribution in [2.75, 3.05) is 0 Å². The van der Waals surface area contributed by atoms with Gasteiger partial charge in [0, 0.05) is 17.5 Å². The summed E-state index contributed by atoms with van der Waals surface area (Å²) in [6.07, 6.45) is 2.37. The van der Waals surface area contributed by atoms with Gasteiger partial charge in [0.05, 0.1) is 11.8 Å². The molecule has 1 heterocycles. The molecule has 84 valence electrons. The molecule has 16 heavy (non-hydrogen) atoms. The summed E-state index contributed by atoms with van der Waals surface area (Å²) in [5.41, 5.74) is 1.01. The highest BCUT2D eigenvalue weighted by Gasteiger charge is 2.18. The van der Waals surface area contributed by atoms with Crippen LogP contribution in [0.15, 0.2) is 36.5 Å². The molecule has 0 saturated carbocycles. The molecule has 0 aliphatic rings. The van der Waals surface area contributed by atoms with Crippen molar-refractivity contribution in [3.63, 3.8) is 0 Å². The van der Waals surface area contributed by atoms with Crippen molar-refractivity contribution in [2.24, 2.45) is 0 Å². The molecule has 1 aromatic carbocycles. The Bertz CT molecular complexity index is 474. The second-order valence-corrected chi connectivity index (χ2v) is 4.17. The lowest BCUT2D eigenvalue weighted by atomic mass is 9.92. The molecule has 1 aromatic heterocycles. The minimum atomic E-state index is -0.358. The van der Waals surface area contributed by atoms with E-state index in [1.165, 1.54) is 5.39 Å². The Balaban J connectivity index is 2.59. The zero-order valence-electron chi connectivity index (χ0n) is 9.72. The standard InChI is InChI=1S/C14H17NO/c1-3-12(10(2)16)14-13-7-5-4-6-11(13)8-9-15-14/h4-10,12,16H,3H2,1-2H3. The van der Waals surface area contributed by atoms with Crippen LogP contribution >= 0.6 is 0 Å². The fourth-order valence-electron chi connectivity index (χ4n) is 2.20.